The first kappa shape index (κ1) is 33.8. The van der Waals surface area contributed by atoms with E-state index in [9.17, 15) is 0 Å². The summed E-state index contributed by atoms with van der Waals surface area (Å²) >= 11 is 0. The lowest BCUT2D eigenvalue weighted by molar-refractivity contribution is 0.660. The van der Waals surface area contributed by atoms with Crippen LogP contribution in [0.25, 0.3) is 66.8 Å². The second-order valence-electron chi connectivity index (χ2n) is 16.6. The van der Waals surface area contributed by atoms with Crippen LogP contribution in [0.3, 0.4) is 0 Å². The number of hydrogen-bond donors (Lipinski definition) is 0. The van der Waals surface area contributed by atoms with Gasteiger partial charge in [0.25, 0.3) is 0 Å². The van der Waals surface area contributed by atoms with Crippen molar-refractivity contribution in [3.8, 4) is 39.5 Å². The van der Waals surface area contributed by atoms with Crippen molar-refractivity contribution in [1.82, 2.24) is 14.5 Å². The number of rotatable bonds is 5. The van der Waals surface area contributed by atoms with Crippen LogP contribution in [0.1, 0.15) is 42.0 Å². The van der Waals surface area contributed by atoms with Gasteiger partial charge in [0.1, 0.15) is 0 Å². The fourth-order valence-corrected chi connectivity index (χ4v) is 10.2. The third-order valence-corrected chi connectivity index (χ3v) is 13.0. The van der Waals surface area contributed by atoms with E-state index in [0.717, 1.165) is 22.3 Å². The highest BCUT2D eigenvalue weighted by Gasteiger charge is 2.38. The molecule has 0 saturated heterocycles. The van der Waals surface area contributed by atoms with Crippen LogP contribution in [0.2, 0.25) is 0 Å². The van der Waals surface area contributed by atoms with Crippen molar-refractivity contribution < 1.29 is 0 Å². The number of hydrogen-bond acceptors (Lipinski definition) is 3. The van der Waals surface area contributed by atoms with E-state index in [1.165, 1.54) is 72.2 Å². The van der Waals surface area contributed by atoms with E-state index in [2.05, 4.69) is 205 Å². The Morgan fingerprint density at radius 3 is 2.24 bits per heavy atom. The van der Waals surface area contributed by atoms with Crippen molar-refractivity contribution >= 4 is 38.8 Å². The lowest BCUT2D eigenvalue weighted by Crippen LogP contribution is -2.28. The van der Waals surface area contributed by atoms with Crippen molar-refractivity contribution in [2.24, 2.45) is 0 Å². The molecule has 7 aromatic carbocycles. The maximum absolute atomic E-state index is 5.26. The van der Waals surface area contributed by atoms with Crippen LogP contribution in [0.4, 0.5) is 11.4 Å². The Labute approximate surface area is 344 Å². The van der Waals surface area contributed by atoms with E-state index in [4.69, 9.17) is 9.97 Å². The zero-order valence-electron chi connectivity index (χ0n) is 32.9. The molecule has 12 rings (SSSR count). The van der Waals surface area contributed by atoms with E-state index < -0.39 is 0 Å². The highest BCUT2D eigenvalue weighted by atomic mass is 15.2. The van der Waals surface area contributed by atoms with E-state index in [1.807, 2.05) is 12.3 Å². The Morgan fingerprint density at radius 2 is 1.31 bits per heavy atom. The minimum atomic E-state index is -0.0516. The lowest BCUT2D eigenvalue weighted by Gasteiger charge is -2.29. The molecule has 0 fully saturated rings. The summed E-state index contributed by atoms with van der Waals surface area (Å²) in [6.45, 7) is 4.67. The predicted octanol–water partition coefficient (Wildman–Crippen LogP) is 13.5. The minimum Gasteiger partial charge on any atom is -0.333 e. The number of benzene rings is 7. The van der Waals surface area contributed by atoms with Crippen LogP contribution in [-0.4, -0.2) is 20.6 Å². The molecule has 2 aromatic heterocycles. The average molecular weight is 757 g/mol. The first-order valence-corrected chi connectivity index (χ1v) is 20.6. The van der Waals surface area contributed by atoms with Crippen molar-refractivity contribution in [3.63, 3.8) is 0 Å². The first-order chi connectivity index (χ1) is 29.0. The molecule has 1 aliphatic heterocycles. The molecule has 280 valence electrons. The third kappa shape index (κ3) is 5.16. The van der Waals surface area contributed by atoms with E-state index in [-0.39, 0.29) is 17.4 Å². The normalized spacial score (nSPS) is 17.1. The van der Waals surface area contributed by atoms with E-state index in [1.54, 1.807) is 0 Å². The fourth-order valence-electron chi connectivity index (χ4n) is 10.2. The number of aromatic nitrogens is 3. The smallest absolute Gasteiger partial charge is 0.235 e. The van der Waals surface area contributed by atoms with E-state index >= 15 is 0 Å². The first-order valence-electron chi connectivity index (χ1n) is 20.6. The molecule has 0 radical (unpaired) electrons. The molecule has 0 bridgehead atoms. The molecule has 0 spiro atoms. The van der Waals surface area contributed by atoms with Crippen LogP contribution in [0, 0.1) is 0 Å². The quantitative estimate of drug-likeness (QED) is 0.175. The van der Waals surface area contributed by atoms with Gasteiger partial charge in [-0.3, -0.25) is 4.57 Å². The minimum absolute atomic E-state index is 0.0516. The van der Waals surface area contributed by atoms with Crippen LogP contribution < -0.4 is 4.90 Å². The average Bonchev–Trinajstić information content (AvgIpc) is 3.89. The molecule has 59 heavy (non-hydrogen) atoms. The lowest BCUT2D eigenvalue weighted by atomic mass is 9.81. The summed E-state index contributed by atoms with van der Waals surface area (Å²) in [5.41, 5.74) is 18.2. The molecule has 0 amide bonds. The van der Waals surface area contributed by atoms with Crippen molar-refractivity contribution in [1.29, 1.82) is 0 Å². The molecule has 0 saturated carbocycles. The topological polar surface area (TPSA) is 34.0 Å². The maximum Gasteiger partial charge on any atom is 0.235 e. The maximum atomic E-state index is 5.26. The zero-order chi connectivity index (χ0) is 39.2. The fraction of sp³-hybridized carbons (Fsp3) is 0.0909. The number of nitrogens with zero attached hydrogens (tertiary/aromatic N) is 4. The Bertz CT molecular complexity index is 3220. The Balaban J connectivity index is 0.906. The van der Waals surface area contributed by atoms with Gasteiger partial charge in [0.2, 0.25) is 5.95 Å². The molecule has 3 heterocycles. The Hall–Kier alpha value is -7.30. The molecule has 2 atom stereocenters. The van der Waals surface area contributed by atoms with Crippen molar-refractivity contribution in [2.75, 3.05) is 4.90 Å². The van der Waals surface area contributed by atoms with Crippen LogP contribution in [-0.2, 0) is 5.41 Å². The van der Waals surface area contributed by atoms with Gasteiger partial charge < -0.3 is 4.90 Å². The van der Waals surface area contributed by atoms with Crippen molar-refractivity contribution in [2.45, 2.75) is 31.2 Å². The second kappa shape index (κ2) is 12.9. The van der Waals surface area contributed by atoms with E-state index in [0.29, 0.717) is 5.95 Å². The summed E-state index contributed by atoms with van der Waals surface area (Å²) in [6.07, 6.45) is 9.06. The Morgan fingerprint density at radius 1 is 0.559 bits per heavy atom. The van der Waals surface area contributed by atoms with Gasteiger partial charge in [0, 0.05) is 45.2 Å². The van der Waals surface area contributed by atoms with Crippen LogP contribution in [0.5, 0.6) is 0 Å². The van der Waals surface area contributed by atoms with Gasteiger partial charge in [-0.05, 0) is 105 Å². The summed E-state index contributed by atoms with van der Waals surface area (Å²) in [7, 11) is 0. The SMILES string of the molecule is CC1(C)c2ccccc2-c2ccc(-c3cccc(-c4ccnc(-n5c6ccccc6c6cc(C7=CC8c9ccccc9N(c9ccccc9)C8C=C7)ccc65)n4)c3)cc21. The number of anilines is 2. The molecular weight excluding hydrogens is 717 g/mol. The van der Waals surface area contributed by atoms with Gasteiger partial charge in [-0.1, -0.05) is 147 Å². The monoisotopic (exact) mass is 756 g/mol. The van der Waals surface area contributed by atoms with Gasteiger partial charge in [-0.25, -0.2) is 9.97 Å². The largest absolute Gasteiger partial charge is 0.333 e. The molecule has 4 heteroatoms. The molecule has 2 aliphatic carbocycles. The molecular formula is C55H40N4. The number of para-hydroxylation sites is 3. The van der Waals surface area contributed by atoms with Gasteiger partial charge in [-0.15, -0.1) is 0 Å². The van der Waals surface area contributed by atoms with Crippen LogP contribution in [0.15, 0.2) is 194 Å². The number of allylic oxidation sites excluding steroid dienone is 2. The predicted molar refractivity (Wildman–Crippen MR) is 243 cm³/mol. The van der Waals surface area contributed by atoms with Gasteiger partial charge in [0.15, 0.2) is 0 Å². The molecule has 9 aromatic rings. The summed E-state index contributed by atoms with van der Waals surface area (Å²) < 4.78 is 2.22. The Kier molecular flexibility index (Phi) is 7.37. The summed E-state index contributed by atoms with van der Waals surface area (Å²) in [4.78, 5) is 12.6. The van der Waals surface area contributed by atoms with Crippen molar-refractivity contribution in [3.05, 3.63) is 217 Å². The highest BCUT2D eigenvalue weighted by Crippen LogP contribution is 2.51. The molecule has 2 unspecified atom stereocenters. The zero-order valence-corrected chi connectivity index (χ0v) is 32.9. The highest BCUT2D eigenvalue weighted by molar-refractivity contribution is 6.10. The van der Waals surface area contributed by atoms with Gasteiger partial charge in [-0.2, -0.15) is 0 Å². The third-order valence-electron chi connectivity index (χ3n) is 13.0. The molecule has 0 N–H and O–H groups in total. The standard InChI is InChI=1S/C55H40N4/c1-55(2)47-20-9-6-17-41(47)42-26-23-38(34-48(42)55)35-13-12-14-39(31-35)49-29-30-56-54(57-49)59-51-22-11-8-19-44(51)46-33-37(25-28-53(46)59)36-24-27-52-45(32-36)43-18-7-10-21-50(43)58(52)40-15-4-3-5-16-40/h3-34,45,52H,1-2H3. The summed E-state index contributed by atoms with van der Waals surface area (Å²) in [6, 6.07) is 61.9. The van der Waals surface area contributed by atoms with Gasteiger partial charge >= 0.3 is 0 Å². The number of fused-ring (bicyclic) bond motifs is 9. The summed E-state index contributed by atoms with van der Waals surface area (Å²) in [5, 5.41) is 2.37. The van der Waals surface area contributed by atoms with Gasteiger partial charge in [0.05, 0.1) is 22.8 Å². The molecule has 3 aliphatic rings. The summed E-state index contributed by atoms with van der Waals surface area (Å²) in [5.74, 6) is 0.914. The second-order valence-corrected chi connectivity index (χ2v) is 16.6. The van der Waals surface area contributed by atoms with Crippen LogP contribution >= 0.6 is 0 Å². The molecule has 4 nitrogen and oxygen atoms in total.